The number of carbonyl (C=O) groups excluding carboxylic acids is 1. The maximum atomic E-state index is 13.2. The molecule has 0 saturated carbocycles. The molecule has 0 fully saturated rings. The number of alkyl halides is 6. The first-order valence-electron chi connectivity index (χ1n) is 11.9. The van der Waals surface area contributed by atoms with Crippen LogP contribution in [0, 0.1) is 20.2 Å². The monoisotopic (exact) mass is 582 g/mol. The molecule has 0 aliphatic carbocycles. The third-order valence-electron chi connectivity index (χ3n) is 6.46. The van der Waals surface area contributed by atoms with Gasteiger partial charge >= 0.3 is 12.4 Å². The Morgan fingerprint density at radius 2 is 1.39 bits per heavy atom. The summed E-state index contributed by atoms with van der Waals surface area (Å²) in [4.78, 5) is 34.7. The van der Waals surface area contributed by atoms with Gasteiger partial charge in [0.05, 0.1) is 32.6 Å². The maximum absolute atomic E-state index is 13.2. The van der Waals surface area contributed by atoms with Crippen molar-refractivity contribution in [2.45, 2.75) is 38.4 Å². The predicted molar refractivity (Wildman–Crippen MR) is 132 cm³/mol. The van der Waals surface area contributed by atoms with Crippen molar-refractivity contribution >= 4 is 17.3 Å². The topological polar surface area (TPSA) is 119 Å². The highest BCUT2D eigenvalue weighted by atomic mass is 19.4. The fraction of sp³-hybridized carbons (Fsp3) is 0.269. The Bertz CT molecular complexity index is 1460. The van der Waals surface area contributed by atoms with Crippen LogP contribution in [0.5, 0.6) is 0 Å². The summed E-state index contributed by atoms with van der Waals surface area (Å²) in [5.41, 5.74) is -2.00. The van der Waals surface area contributed by atoms with Crippen molar-refractivity contribution in [3.63, 3.8) is 0 Å². The standard InChI is InChI=1S/C26H20F6N4O5/c27-25(28,29)20-6-16(7-21(10-20)26(30,31)32)13-34-4-3-17-5-15(1-2-18(17)14-34)12-33-24(37)19-8-22(35(38)39)11-23(9-19)36(40)41/h1-2,5-11H,3-4,12-14H2,(H,33,37). The van der Waals surface area contributed by atoms with E-state index in [1.807, 2.05) is 0 Å². The number of rotatable bonds is 7. The molecule has 0 atom stereocenters. The fourth-order valence-corrected chi connectivity index (χ4v) is 4.50. The first-order chi connectivity index (χ1) is 19.1. The summed E-state index contributed by atoms with van der Waals surface area (Å²) in [6.07, 6.45) is -9.42. The van der Waals surface area contributed by atoms with Crippen molar-refractivity contribution in [3.05, 3.63) is 114 Å². The number of fused-ring (bicyclic) bond motifs is 1. The summed E-state index contributed by atoms with van der Waals surface area (Å²) in [5.74, 6) is -0.764. The summed E-state index contributed by atoms with van der Waals surface area (Å²) in [7, 11) is 0. The molecule has 15 heteroatoms. The molecule has 0 unspecified atom stereocenters. The molecule has 3 aromatic carbocycles. The van der Waals surface area contributed by atoms with Crippen LogP contribution in [0.3, 0.4) is 0 Å². The van der Waals surface area contributed by atoms with Gasteiger partial charge in [-0.05, 0) is 46.9 Å². The number of nitro benzene ring substituents is 2. The summed E-state index contributed by atoms with van der Waals surface area (Å²) >= 11 is 0. The predicted octanol–water partition coefficient (Wildman–Crippen LogP) is 6.03. The molecule has 1 N–H and O–H groups in total. The average molecular weight is 582 g/mol. The minimum atomic E-state index is -4.93. The lowest BCUT2D eigenvalue weighted by Gasteiger charge is -2.29. The highest BCUT2D eigenvalue weighted by Crippen LogP contribution is 2.37. The van der Waals surface area contributed by atoms with Crippen LogP contribution in [0.2, 0.25) is 0 Å². The van der Waals surface area contributed by atoms with Gasteiger partial charge in [-0.1, -0.05) is 18.2 Å². The molecule has 1 heterocycles. The summed E-state index contributed by atoms with van der Waals surface area (Å²) in [6.45, 7) is 0.505. The van der Waals surface area contributed by atoms with Crippen LogP contribution in [0.1, 0.15) is 43.7 Å². The number of carbonyl (C=O) groups is 1. The van der Waals surface area contributed by atoms with Gasteiger partial charge in [0, 0.05) is 38.3 Å². The van der Waals surface area contributed by atoms with Crippen LogP contribution in [0.25, 0.3) is 0 Å². The zero-order valence-electron chi connectivity index (χ0n) is 20.9. The first-order valence-corrected chi connectivity index (χ1v) is 11.9. The molecule has 1 aliphatic rings. The molecule has 9 nitrogen and oxygen atoms in total. The normalized spacial score (nSPS) is 13.9. The van der Waals surface area contributed by atoms with Gasteiger partial charge in [-0.3, -0.25) is 29.9 Å². The minimum Gasteiger partial charge on any atom is -0.348 e. The summed E-state index contributed by atoms with van der Waals surface area (Å²) in [5, 5.41) is 24.7. The molecule has 3 aromatic rings. The number of hydrogen-bond donors (Lipinski definition) is 1. The van der Waals surface area contributed by atoms with E-state index in [-0.39, 0.29) is 36.8 Å². The lowest BCUT2D eigenvalue weighted by molar-refractivity contribution is -0.394. The molecule has 0 saturated heterocycles. The SMILES string of the molecule is O=C(NCc1ccc2c(c1)CCN(Cc1cc(C(F)(F)F)cc(C(F)(F)F)c1)C2)c1cc([N+](=O)[O-])cc([N+](=O)[O-])c1. The molecular weight excluding hydrogens is 562 g/mol. The van der Waals surface area contributed by atoms with Crippen molar-refractivity contribution in [2.75, 3.05) is 6.54 Å². The molecular formula is C26H20F6N4O5. The van der Waals surface area contributed by atoms with E-state index in [2.05, 4.69) is 5.32 Å². The number of non-ortho nitro benzene ring substituents is 2. The second-order valence-electron chi connectivity index (χ2n) is 9.41. The molecule has 1 aliphatic heterocycles. The van der Waals surface area contributed by atoms with E-state index in [1.54, 1.807) is 23.1 Å². The minimum absolute atomic E-state index is 0.00320. The molecule has 0 bridgehead atoms. The number of nitro groups is 2. The molecule has 0 spiro atoms. The van der Waals surface area contributed by atoms with Crippen LogP contribution in [0.15, 0.2) is 54.6 Å². The molecule has 1 amide bonds. The van der Waals surface area contributed by atoms with Gasteiger partial charge in [-0.2, -0.15) is 26.3 Å². The van der Waals surface area contributed by atoms with Gasteiger partial charge in [-0.25, -0.2) is 0 Å². The molecule has 0 radical (unpaired) electrons. The number of nitrogens with zero attached hydrogens (tertiary/aromatic N) is 3. The summed E-state index contributed by atoms with van der Waals surface area (Å²) in [6, 6.07) is 9.30. The van der Waals surface area contributed by atoms with Crippen LogP contribution >= 0.6 is 0 Å². The lowest BCUT2D eigenvalue weighted by Crippen LogP contribution is -2.30. The Balaban J connectivity index is 1.44. The highest BCUT2D eigenvalue weighted by Gasteiger charge is 2.37. The van der Waals surface area contributed by atoms with Crippen LogP contribution in [0.4, 0.5) is 37.7 Å². The Morgan fingerprint density at radius 3 is 1.93 bits per heavy atom. The molecule has 216 valence electrons. The second kappa shape index (κ2) is 11.2. The molecule has 41 heavy (non-hydrogen) atoms. The van der Waals surface area contributed by atoms with Crippen molar-refractivity contribution < 1.29 is 41.0 Å². The third kappa shape index (κ3) is 7.16. The van der Waals surface area contributed by atoms with Crippen LogP contribution in [-0.4, -0.2) is 27.2 Å². The van der Waals surface area contributed by atoms with Crippen molar-refractivity contribution in [1.82, 2.24) is 10.2 Å². The Kier molecular flexibility index (Phi) is 8.01. The number of hydrogen-bond acceptors (Lipinski definition) is 6. The van der Waals surface area contributed by atoms with Crippen molar-refractivity contribution in [1.29, 1.82) is 0 Å². The highest BCUT2D eigenvalue weighted by molar-refractivity contribution is 5.95. The molecule has 4 rings (SSSR count). The van der Waals surface area contributed by atoms with E-state index in [1.165, 1.54) is 0 Å². The number of nitrogens with one attached hydrogen (secondary N) is 1. The smallest absolute Gasteiger partial charge is 0.348 e. The quantitative estimate of drug-likeness (QED) is 0.207. The molecule has 0 aromatic heterocycles. The van der Waals surface area contributed by atoms with E-state index in [0.717, 1.165) is 29.3 Å². The average Bonchev–Trinajstić information content (AvgIpc) is 2.90. The van der Waals surface area contributed by atoms with E-state index in [9.17, 15) is 51.4 Å². The summed E-state index contributed by atoms with van der Waals surface area (Å²) < 4.78 is 79.2. The van der Waals surface area contributed by atoms with Gasteiger partial charge in [0.1, 0.15) is 0 Å². The third-order valence-corrected chi connectivity index (χ3v) is 6.46. The van der Waals surface area contributed by atoms with Gasteiger partial charge in [0.15, 0.2) is 0 Å². The second-order valence-corrected chi connectivity index (χ2v) is 9.41. The van der Waals surface area contributed by atoms with E-state index in [4.69, 9.17) is 0 Å². The number of amides is 1. The zero-order chi connectivity index (χ0) is 30.1. The van der Waals surface area contributed by atoms with Gasteiger partial charge < -0.3 is 5.32 Å². The van der Waals surface area contributed by atoms with E-state index in [0.29, 0.717) is 30.7 Å². The van der Waals surface area contributed by atoms with E-state index >= 15 is 0 Å². The maximum Gasteiger partial charge on any atom is 0.416 e. The zero-order valence-corrected chi connectivity index (χ0v) is 20.9. The fourth-order valence-electron chi connectivity index (χ4n) is 4.50. The van der Waals surface area contributed by atoms with Crippen LogP contribution in [-0.2, 0) is 38.4 Å². The number of benzene rings is 3. The Labute approximate surface area is 227 Å². The Hall–Kier alpha value is -4.53. The van der Waals surface area contributed by atoms with E-state index < -0.39 is 50.6 Å². The Morgan fingerprint density at radius 1 is 0.805 bits per heavy atom. The number of halogens is 6. The largest absolute Gasteiger partial charge is 0.416 e. The van der Waals surface area contributed by atoms with Crippen molar-refractivity contribution in [2.24, 2.45) is 0 Å². The van der Waals surface area contributed by atoms with Crippen LogP contribution < -0.4 is 5.32 Å². The van der Waals surface area contributed by atoms with Gasteiger partial charge in [0.25, 0.3) is 17.3 Å². The van der Waals surface area contributed by atoms with Crippen molar-refractivity contribution in [3.8, 4) is 0 Å². The van der Waals surface area contributed by atoms with Gasteiger partial charge in [-0.15, -0.1) is 0 Å². The lowest BCUT2D eigenvalue weighted by atomic mass is 9.96. The van der Waals surface area contributed by atoms with Gasteiger partial charge in [0.2, 0.25) is 0 Å². The first kappa shape index (κ1) is 29.5.